The van der Waals surface area contributed by atoms with E-state index in [1.807, 2.05) is 54.6 Å². The second-order valence-corrected chi connectivity index (χ2v) is 6.03. The molecule has 0 aliphatic carbocycles. The molecule has 2 aromatic carbocycles. The average molecular weight is 399 g/mol. The third-order valence-corrected chi connectivity index (χ3v) is 3.79. The highest BCUT2D eigenvalue weighted by molar-refractivity contribution is 9.10. The Morgan fingerprint density at radius 1 is 1.08 bits per heavy atom. The van der Waals surface area contributed by atoms with Crippen LogP contribution >= 0.6 is 15.9 Å². The number of benzene rings is 2. The van der Waals surface area contributed by atoms with Crippen LogP contribution in [0, 0.1) is 0 Å². The summed E-state index contributed by atoms with van der Waals surface area (Å²) in [5.74, 6) is 1.06. The predicted molar refractivity (Wildman–Crippen MR) is 98.7 cm³/mol. The van der Waals surface area contributed by atoms with Crippen LogP contribution in [0.1, 0.15) is 21.9 Å². The Morgan fingerprint density at radius 2 is 1.84 bits per heavy atom. The molecule has 0 atom stereocenters. The summed E-state index contributed by atoms with van der Waals surface area (Å²) in [6.07, 6.45) is 1.56. The van der Waals surface area contributed by atoms with Gasteiger partial charge in [-0.2, -0.15) is 5.10 Å². The van der Waals surface area contributed by atoms with E-state index < -0.39 is 5.91 Å². The number of halogens is 1. The third-order valence-electron chi connectivity index (χ3n) is 3.26. The number of carbonyl (C=O) groups is 1. The number of nitrogens with zero attached hydrogens (tertiary/aromatic N) is 1. The van der Waals surface area contributed by atoms with Gasteiger partial charge in [0.05, 0.1) is 6.21 Å². The lowest BCUT2D eigenvalue weighted by atomic mass is 10.2. The topological polar surface area (TPSA) is 63.8 Å². The van der Waals surface area contributed by atoms with Gasteiger partial charge in [0.25, 0.3) is 0 Å². The summed E-state index contributed by atoms with van der Waals surface area (Å²) in [5, 5.41) is 3.92. The van der Waals surface area contributed by atoms with Crippen LogP contribution in [0.2, 0.25) is 0 Å². The molecule has 1 aromatic heterocycles. The number of ether oxygens (including phenoxy) is 1. The van der Waals surface area contributed by atoms with Crippen molar-refractivity contribution in [3.05, 3.63) is 88.3 Å². The van der Waals surface area contributed by atoms with E-state index in [1.54, 1.807) is 18.3 Å². The Morgan fingerprint density at radius 3 is 2.60 bits per heavy atom. The molecule has 5 nitrogen and oxygen atoms in total. The summed E-state index contributed by atoms with van der Waals surface area (Å²) < 4.78 is 12.0. The summed E-state index contributed by atoms with van der Waals surface area (Å²) in [7, 11) is 0. The van der Waals surface area contributed by atoms with E-state index in [0.29, 0.717) is 5.76 Å². The summed E-state index contributed by atoms with van der Waals surface area (Å²) in [5.41, 5.74) is 3.31. The van der Waals surface area contributed by atoms with Crippen LogP contribution in [0.25, 0.3) is 0 Å². The molecule has 1 amide bonds. The first kappa shape index (κ1) is 17.0. The first-order valence-electron chi connectivity index (χ1n) is 7.56. The lowest BCUT2D eigenvalue weighted by Gasteiger charge is -2.03. The van der Waals surface area contributed by atoms with Crippen molar-refractivity contribution in [1.82, 2.24) is 5.43 Å². The monoisotopic (exact) mass is 398 g/mol. The van der Waals surface area contributed by atoms with Crippen molar-refractivity contribution in [2.75, 3.05) is 0 Å². The molecule has 1 heterocycles. The first-order chi connectivity index (χ1) is 12.2. The Kier molecular flexibility index (Phi) is 5.64. The van der Waals surface area contributed by atoms with Crippen molar-refractivity contribution in [2.45, 2.75) is 6.61 Å². The first-order valence-corrected chi connectivity index (χ1v) is 8.35. The second-order valence-electron chi connectivity index (χ2n) is 5.12. The van der Waals surface area contributed by atoms with Gasteiger partial charge in [-0.25, -0.2) is 5.43 Å². The minimum Gasteiger partial charge on any atom is -0.486 e. The van der Waals surface area contributed by atoms with Gasteiger partial charge in [-0.15, -0.1) is 0 Å². The molecule has 126 valence electrons. The second kappa shape index (κ2) is 8.30. The fraction of sp³-hybridized carbons (Fsp3) is 0.0526. The molecule has 0 radical (unpaired) electrons. The normalized spacial score (nSPS) is 10.8. The van der Waals surface area contributed by atoms with Gasteiger partial charge >= 0.3 is 5.91 Å². The van der Waals surface area contributed by atoms with Gasteiger partial charge in [0.1, 0.15) is 18.1 Å². The lowest BCUT2D eigenvalue weighted by molar-refractivity contribution is 0.0923. The number of carbonyl (C=O) groups excluding carboxylic acids is 1. The maximum Gasteiger partial charge on any atom is 0.307 e. The molecule has 25 heavy (non-hydrogen) atoms. The van der Waals surface area contributed by atoms with Crippen LogP contribution in [-0.4, -0.2) is 12.1 Å². The minimum atomic E-state index is -0.417. The van der Waals surface area contributed by atoms with Crippen molar-refractivity contribution < 1.29 is 13.9 Å². The lowest BCUT2D eigenvalue weighted by Crippen LogP contribution is -2.16. The van der Waals surface area contributed by atoms with Gasteiger partial charge in [-0.1, -0.05) is 46.3 Å². The molecule has 0 aliphatic rings. The van der Waals surface area contributed by atoms with Crippen LogP contribution < -0.4 is 10.2 Å². The number of rotatable bonds is 6. The van der Waals surface area contributed by atoms with Crippen molar-refractivity contribution >= 4 is 28.1 Å². The van der Waals surface area contributed by atoms with Crippen LogP contribution in [0.4, 0.5) is 0 Å². The largest absolute Gasteiger partial charge is 0.486 e. The highest BCUT2D eigenvalue weighted by Crippen LogP contribution is 2.14. The summed E-state index contributed by atoms with van der Waals surface area (Å²) in [4.78, 5) is 12.0. The number of furan rings is 1. The zero-order valence-electron chi connectivity index (χ0n) is 13.2. The van der Waals surface area contributed by atoms with E-state index in [9.17, 15) is 4.79 Å². The van der Waals surface area contributed by atoms with Crippen molar-refractivity contribution in [3.63, 3.8) is 0 Å². The standard InChI is InChI=1S/C19H15BrN2O3/c20-15-8-6-14(7-9-15)12-21-22-19(23)18-11-10-17(25-18)13-24-16-4-2-1-3-5-16/h1-12H,13H2,(H,22,23)/b21-12-. The van der Waals surface area contributed by atoms with Gasteiger partial charge in [-0.3, -0.25) is 4.79 Å². The van der Waals surface area contributed by atoms with E-state index in [1.165, 1.54) is 0 Å². The van der Waals surface area contributed by atoms with E-state index in [0.717, 1.165) is 15.8 Å². The Balaban J connectivity index is 1.52. The summed E-state index contributed by atoms with van der Waals surface area (Å²) in [6, 6.07) is 20.3. The Hall–Kier alpha value is -2.86. The average Bonchev–Trinajstić information content (AvgIpc) is 3.12. The molecule has 0 unspecified atom stereocenters. The van der Waals surface area contributed by atoms with Crippen LogP contribution in [0.15, 0.2) is 80.7 Å². The van der Waals surface area contributed by atoms with E-state index in [2.05, 4.69) is 26.5 Å². The van der Waals surface area contributed by atoms with Gasteiger partial charge in [-0.05, 0) is 42.0 Å². The van der Waals surface area contributed by atoms with Gasteiger partial charge < -0.3 is 9.15 Å². The molecule has 3 aromatic rings. The molecule has 0 bridgehead atoms. The molecule has 0 fully saturated rings. The Bertz CT molecular complexity index is 858. The molecule has 3 rings (SSSR count). The highest BCUT2D eigenvalue weighted by atomic mass is 79.9. The SMILES string of the molecule is O=C(N/N=C\c1ccc(Br)cc1)c1ccc(COc2ccccc2)o1. The summed E-state index contributed by atoms with van der Waals surface area (Å²) >= 11 is 3.36. The van der Waals surface area contributed by atoms with Gasteiger partial charge in [0.15, 0.2) is 5.76 Å². The van der Waals surface area contributed by atoms with Gasteiger partial charge in [0, 0.05) is 4.47 Å². The van der Waals surface area contributed by atoms with Crippen LogP contribution in [0.5, 0.6) is 5.75 Å². The highest BCUT2D eigenvalue weighted by Gasteiger charge is 2.10. The smallest absolute Gasteiger partial charge is 0.307 e. The van der Waals surface area contributed by atoms with Crippen LogP contribution in [0.3, 0.4) is 0 Å². The zero-order valence-corrected chi connectivity index (χ0v) is 14.8. The molecular formula is C19H15BrN2O3. The minimum absolute atomic E-state index is 0.180. The fourth-order valence-electron chi connectivity index (χ4n) is 2.02. The van der Waals surface area contributed by atoms with Crippen LogP contribution in [-0.2, 0) is 6.61 Å². The maximum absolute atomic E-state index is 12.0. The number of para-hydroxylation sites is 1. The number of hydrogen-bond donors (Lipinski definition) is 1. The molecule has 0 saturated carbocycles. The Labute approximate surface area is 153 Å². The fourth-order valence-corrected chi connectivity index (χ4v) is 2.28. The molecular weight excluding hydrogens is 384 g/mol. The third kappa shape index (κ3) is 5.06. The number of hydrazone groups is 1. The van der Waals surface area contributed by atoms with E-state index >= 15 is 0 Å². The maximum atomic E-state index is 12.0. The van der Waals surface area contributed by atoms with Crippen molar-refractivity contribution in [2.24, 2.45) is 5.10 Å². The molecule has 0 aliphatic heterocycles. The van der Waals surface area contributed by atoms with Gasteiger partial charge in [0.2, 0.25) is 0 Å². The number of nitrogens with one attached hydrogen (secondary N) is 1. The molecule has 0 saturated heterocycles. The van der Waals surface area contributed by atoms with E-state index in [4.69, 9.17) is 9.15 Å². The molecule has 1 N–H and O–H groups in total. The number of amides is 1. The molecule has 6 heteroatoms. The summed E-state index contributed by atoms with van der Waals surface area (Å²) in [6.45, 7) is 0.249. The quantitative estimate of drug-likeness (QED) is 0.494. The molecule has 0 spiro atoms. The zero-order chi connectivity index (χ0) is 17.5. The van der Waals surface area contributed by atoms with Crippen molar-refractivity contribution in [3.8, 4) is 5.75 Å². The predicted octanol–water partition coefficient (Wildman–Crippen LogP) is 4.39. The van der Waals surface area contributed by atoms with E-state index in [-0.39, 0.29) is 12.4 Å². The van der Waals surface area contributed by atoms with Crippen molar-refractivity contribution in [1.29, 1.82) is 0 Å². The number of hydrogen-bond acceptors (Lipinski definition) is 4.